The van der Waals surface area contributed by atoms with Crippen molar-refractivity contribution < 1.29 is 9.59 Å². The van der Waals surface area contributed by atoms with E-state index >= 15 is 0 Å². The Bertz CT molecular complexity index is 465. The second-order valence-corrected chi connectivity index (χ2v) is 4.80. The number of aromatic nitrogens is 1. The fourth-order valence-corrected chi connectivity index (χ4v) is 2.24. The molecular formula is C11H13N3O2S. The molecule has 0 aromatic carbocycles. The Balaban J connectivity index is 2.13. The van der Waals surface area contributed by atoms with Crippen LogP contribution >= 0.6 is 11.3 Å². The number of hydrogen-bond donors (Lipinski definition) is 1. The number of nitrogens with one attached hydrogen (secondary N) is 1. The van der Waals surface area contributed by atoms with Crippen LogP contribution in [-0.2, 0) is 16.0 Å². The third-order valence-electron chi connectivity index (χ3n) is 2.42. The summed E-state index contributed by atoms with van der Waals surface area (Å²) in [5.74, 6) is -0.458. The Labute approximate surface area is 103 Å². The van der Waals surface area contributed by atoms with Crippen molar-refractivity contribution in [2.24, 2.45) is 0 Å². The first-order valence-electron chi connectivity index (χ1n) is 5.18. The Morgan fingerprint density at radius 1 is 1.53 bits per heavy atom. The molecule has 1 aromatic heterocycles. The number of carbonyl (C=O) groups is 2. The van der Waals surface area contributed by atoms with E-state index in [4.69, 9.17) is 0 Å². The van der Waals surface area contributed by atoms with Gasteiger partial charge in [-0.1, -0.05) is 0 Å². The normalized spacial score (nSPS) is 22.0. The van der Waals surface area contributed by atoms with Crippen molar-refractivity contribution in [2.45, 2.75) is 12.5 Å². The van der Waals surface area contributed by atoms with Crippen LogP contribution in [0.3, 0.4) is 0 Å². The zero-order valence-corrected chi connectivity index (χ0v) is 10.5. The van der Waals surface area contributed by atoms with E-state index in [0.29, 0.717) is 6.42 Å². The van der Waals surface area contributed by atoms with Crippen molar-refractivity contribution in [3.05, 3.63) is 28.4 Å². The third-order valence-corrected chi connectivity index (χ3v) is 3.05. The lowest BCUT2D eigenvalue weighted by atomic mass is 10.1. The first-order valence-corrected chi connectivity index (χ1v) is 6.12. The number of ketones is 1. The maximum absolute atomic E-state index is 12.0. The summed E-state index contributed by atoms with van der Waals surface area (Å²) < 4.78 is 0. The lowest BCUT2D eigenvalue weighted by Crippen LogP contribution is -2.31. The molecule has 0 radical (unpaired) electrons. The van der Waals surface area contributed by atoms with Crippen LogP contribution < -0.4 is 5.32 Å². The Hall–Kier alpha value is -1.69. The Kier molecular flexibility index (Phi) is 3.23. The molecule has 6 heteroatoms. The standard InChI is InChI=1S/C11H13N3O2S/c1-14(2)4-8-10(15)9(13-11(8)16)3-7-5-17-6-12-7/h4-6,9H,3H2,1-2H3,(H,13,16)/b8-4-. The molecule has 2 rings (SSSR count). The molecule has 2 heterocycles. The highest BCUT2D eigenvalue weighted by Gasteiger charge is 2.36. The van der Waals surface area contributed by atoms with Crippen molar-refractivity contribution in [3.63, 3.8) is 0 Å². The summed E-state index contributed by atoms with van der Waals surface area (Å²) in [6.45, 7) is 0. The van der Waals surface area contributed by atoms with Gasteiger partial charge in [0.1, 0.15) is 5.57 Å². The van der Waals surface area contributed by atoms with Gasteiger partial charge in [0, 0.05) is 32.1 Å². The van der Waals surface area contributed by atoms with Gasteiger partial charge >= 0.3 is 0 Å². The minimum absolute atomic E-state index is 0.156. The van der Waals surface area contributed by atoms with Gasteiger partial charge in [-0.15, -0.1) is 11.3 Å². The van der Waals surface area contributed by atoms with Gasteiger partial charge < -0.3 is 10.2 Å². The highest BCUT2D eigenvalue weighted by molar-refractivity contribution is 7.07. The molecule has 5 nitrogen and oxygen atoms in total. The molecule has 90 valence electrons. The minimum Gasteiger partial charge on any atom is -0.383 e. The van der Waals surface area contributed by atoms with Crippen molar-refractivity contribution in [2.75, 3.05) is 14.1 Å². The van der Waals surface area contributed by atoms with E-state index in [1.807, 2.05) is 5.38 Å². The highest BCUT2D eigenvalue weighted by Crippen LogP contribution is 2.15. The third kappa shape index (κ3) is 2.52. The van der Waals surface area contributed by atoms with E-state index in [0.717, 1.165) is 5.69 Å². The molecule has 0 aliphatic carbocycles. The number of hydrogen-bond acceptors (Lipinski definition) is 5. The van der Waals surface area contributed by atoms with Crippen LogP contribution in [0.1, 0.15) is 5.69 Å². The van der Waals surface area contributed by atoms with Gasteiger partial charge in [0.15, 0.2) is 5.78 Å². The molecule has 0 spiro atoms. The number of nitrogens with zero attached hydrogens (tertiary/aromatic N) is 2. The lowest BCUT2D eigenvalue weighted by molar-refractivity contribution is -0.117. The van der Waals surface area contributed by atoms with Crippen molar-refractivity contribution in [3.8, 4) is 0 Å². The molecule has 1 unspecified atom stereocenters. The van der Waals surface area contributed by atoms with Gasteiger partial charge in [-0.2, -0.15) is 0 Å². The fourth-order valence-electron chi connectivity index (χ4n) is 1.67. The van der Waals surface area contributed by atoms with Gasteiger partial charge in [0.05, 0.1) is 17.2 Å². The lowest BCUT2D eigenvalue weighted by Gasteiger charge is -2.05. The highest BCUT2D eigenvalue weighted by atomic mass is 32.1. The Morgan fingerprint density at radius 2 is 2.29 bits per heavy atom. The molecule has 0 saturated carbocycles. The van der Waals surface area contributed by atoms with Crippen LogP contribution in [0.2, 0.25) is 0 Å². The van der Waals surface area contributed by atoms with E-state index in [1.165, 1.54) is 11.3 Å². The maximum Gasteiger partial charge on any atom is 0.257 e. The summed E-state index contributed by atoms with van der Waals surface area (Å²) in [6.07, 6.45) is 2.01. The second kappa shape index (κ2) is 4.67. The number of carbonyl (C=O) groups excluding carboxylic acids is 2. The van der Waals surface area contributed by atoms with Crippen LogP contribution in [0.5, 0.6) is 0 Å². The van der Waals surface area contributed by atoms with Crippen molar-refractivity contribution in [1.82, 2.24) is 15.2 Å². The zero-order valence-electron chi connectivity index (χ0n) is 9.64. The van der Waals surface area contributed by atoms with Crippen molar-refractivity contribution >= 4 is 23.0 Å². The van der Waals surface area contributed by atoms with Gasteiger partial charge in [-0.25, -0.2) is 4.98 Å². The predicted molar refractivity (Wildman–Crippen MR) is 64.5 cm³/mol. The molecule has 0 bridgehead atoms. The van der Waals surface area contributed by atoms with E-state index in [9.17, 15) is 9.59 Å². The average Bonchev–Trinajstić information content (AvgIpc) is 2.83. The molecule has 1 saturated heterocycles. The molecule has 17 heavy (non-hydrogen) atoms. The zero-order chi connectivity index (χ0) is 12.4. The van der Waals surface area contributed by atoms with Gasteiger partial charge in [-0.05, 0) is 0 Å². The monoisotopic (exact) mass is 251 g/mol. The van der Waals surface area contributed by atoms with E-state index in [1.54, 1.807) is 30.7 Å². The van der Waals surface area contributed by atoms with Gasteiger partial charge in [-0.3, -0.25) is 9.59 Å². The first-order chi connectivity index (χ1) is 8.08. The van der Waals surface area contributed by atoms with Gasteiger partial charge in [0.2, 0.25) is 0 Å². The molecule has 1 aliphatic heterocycles. The number of amides is 1. The summed E-state index contributed by atoms with van der Waals surface area (Å²) in [5, 5.41) is 4.56. The maximum atomic E-state index is 12.0. The quantitative estimate of drug-likeness (QED) is 0.616. The SMILES string of the molecule is CN(C)/C=C1\C(=O)NC(Cc2cscn2)C1=O. The smallest absolute Gasteiger partial charge is 0.257 e. The molecule has 1 aromatic rings. The summed E-state index contributed by atoms with van der Waals surface area (Å²) in [5.41, 5.74) is 2.77. The van der Waals surface area contributed by atoms with Crippen LogP contribution in [0.15, 0.2) is 22.7 Å². The molecule has 1 aliphatic rings. The largest absolute Gasteiger partial charge is 0.383 e. The summed E-state index contributed by atoms with van der Waals surface area (Å²) in [4.78, 5) is 29.4. The number of rotatable bonds is 3. The molecule has 1 amide bonds. The number of Topliss-reactive ketones (excluding diaryl/α,β-unsaturated/α-hetero) is 1. The fraction of sp³-hybridized carbons (Fsp3) is 0.364. The van der Waals surface area contributed by atoms with Crippen molar-refractivity contribution in [1.29, 1.82) is 0 Å². The second-order valence-electron chi connectivity index (χ2n) is 4.08. The summed E-state index contributed by atoms with van der Waals surface area (Å²) in [6, 6.07) is -0.476. The topological polar surface area (TPSA) is 62.3 Å². The summed E-state index contributed by atoms with van der Waals surface area (Å²) in [7, 11) is 3.56. The van der Waals surface area contributed by atoms with Crippen LogP contribution in [-0.4, -0.2) is 41.7 Å². The van der Waals surface area contributed by atoms with E-state index in [2.05, 4.69) is 10.3 Å². The van der Waals surface area contributed by atoms with Crippen LogP contribution in [0.4, 0.5) is 0 Å². The average molecular weight is 251 g/mol. The molecule has 1 N–H and O–H groups in total. The molecular weight excluding hydrogens is 238 g/mol. The Morgan fingerprint density at radius 3 is 2.88 bits per heavy atom. The predicted octanol–water partition coefficient (Wildman–Crippen LogP) is 0.199. The van der Waals surface area contributed by atoms with Crippen LogP contribution in [0, 0.1) is 0 Å². The molecule has 1 fully saturated rings. The first kappa shape index (κ1) is 11.8. The number of thiazole rings is 1. The minimum atomic E-state index is -0.476. The van der Waals surface area contributed by atoms with E-state index < -0.39 is 6.04 Å². The van der Waals surface area contributed by atoms with E-state index in [-0.39, 0.29) is 17.3 Å². The molecule has 1 atom stereocenters. The van der Waals surface area contributed by atoms with Crippen LogP contribution in [0.25, 0.3) is 0 Å². The summed E-state index contributed by atoms with van der Waals surface area (Å²) >= 11 is 1.48. The van der Waals surface area contributed by atoms with Gasteiger partial charge in [0.25, 0.3) is 5.91 Å².